The van der Waals surface area contributed by atoms with Gasteiger partial charge in [0.2, 0.25) is 0 Å². The maximum Gasteiger partial charge on any atom is 0.0556 e. The van der Waals surface area contributed by atoms with E-state index in [1.54, 1.807) is 0 Å². The molecule has 1 unspecified atom stereocenters. The zero-order chi connectivity index (χ0) is 9.80. The summed E-state index contributed by atoms with van der Waals surface area (Å²) in [6.07, 6.45) is 2.63. The van der Waals surface area contributed by atoms with Crippen molar-refractivity contribution in [2.75, 3.05) is 13.2 Å². The van der Waals surface area contributed by atoms with E-state index in [-0.39, 0.29) is 6.61 Å². The molecule has 0 aliphatic heterocycles. The molecule has 2 nitrogen and oxygen atoms in total. The van der Waals surface area contributed by atoms with Crippen molar-refractivity contribution in [1.29, 1.82) is 0 Å². The molecule has 14 heavy (non-hydrogen) atoms. The first-order valence-corrected chi connectivity index (χ1v) is 5.31. The number of rotatable bonds is 5. The molecular weight excluding hydrogens is 174 g/mol. The molecule has 1 aromatic rings. The molecule has 0 bridgehead atoms. The number of benzene rings is 1. The summed E-state index contributed by atoms with van der Waals surface area (Å²) in [5, 5.41) is 12.2. The molecular formula is C12H17NO. The van der Waals surface area contributed by atoms with E-state index >= 15 is 0 Å². The Morgan fingerprint density at radius 3 is 2.57 bits per heavy atom. The number of nitrogens with one attached hydrogen (secondary N) is 1. The van der Waals surface area contributed by atoms with Crippen LogP contribution in [0, 0.1) is 5.92 Å². The first-order chi connectivity index (χ1) is 6.92. The average Bonchev–Trinajstić information content (AvgIpc) is 3.04. The fourth-order valence-electron chi connectivity index (χ4n) is 1.87. The molecule has 0 spiro atoms. The van der Waals surface area contributed by atoms with Crippen molar-refractivity contribution in [2.45, 2.75) is 18.9 Å². The Hall–Kier alpha value is -0.860. The summed E-state index contributed by atoms with van der Waals surface area (Å²) < 4.78 is 0. The Morgan fingerprint density at radius 1 is 1.29 bits per heavy atom. The van der Waals surface area contributed by atoms with Crippen molar-refractivity contribution in [3.8, 4) is 0 Å². The maximum atomic E-state index is 8.80. The van der Waals surface area contributed by atoms with Crippen LogP contribution in [0.25, 0.3) is 0 Å². The van der Waals surface area contributed by atoms with Gasteiger partial charge in [-0.1, -0.05) is 30.3 Å². The highest BCUT2D eigenvalue weighted by molar-refractivity contribution is 5.21. The lowest BCUT2D eigenvalue weighted by atomic mass is 10.0. The van der Waals surface area contributed by atoms with E-state index in [1.165, 1.54) is 18.4 Å². The monoisotopic (exact) mass is 191 g/mol. The van der Waals surface area contributed by atoms with Gasteiger partial charge in [-0.2, -0.15) is 0 Å². The lowest BCUT2D eigenvalue weighted by Gasteiger charge is -2.17. The average molecular weight is 191 g/mol. The number of aliphatic hydroxyl groups is 1. The largest absolute Gasteiger partial charge is 0.395 e. The van der Waals surface area contributed by atoms with Crippen LogP contribution in [-0.4, -0.2) is 18.3 Å². The van der Waals surface area contributed by atoms with Crippen molar-refractivity contribution in [3.63, 3.8) is 0 Å². The van der Waals surface area contributed by atoms with E-state index < -0.39 is 0 Å². The first kappa shape index (κ1) is 9.69. The number of aliphatic hydroxyl groups excluding tert-OH is 1. The van der Waals surface area contributed by atoms with Gasteiger partial charge in [-0.3, -0.25) is 0 Å². The minimum Gasteiger partial charge on any atom is -0.395 e. The van der Waals surface area contributed by atoms with Crippen LogP contribution in [0.15, 0.2) is 30.3 Å². The predicted molar refractivity (Wildman–Crippen MR) is 57.0 cm³/mol. The molecule has 0 heterocycles. The lowest BCUT2D eigenvalue weighted by Crippen LogP contribution is -2.25. The zero-order valence-electron chi connectivity index (χ0n) is 8.32. The Bertz CT molecular complexity index is 269. The Kier molecular flexibility index (Phi) is 3.17. The molecule has 1 atom stereocenters. The molecule has 2 N–H and O–H groups in total. The Labute approximate surface area is 85.0 Å². The predicted octanol–water partition coefficient (Wildman–Crippen LogP) is 1.72. The van der Waals surface area contributed by atoms with Gasteiger partial charge in [-0.15, -0.1) is 0 Å². The summed E-state index contributed by atoms with van der Waals surface area (Å²) in [5.74, 6) is 0.781. The van der Waals surface area contributed by atoms with Crippen molar-refractivity contribution >= 4 is 0 Å². The van der Waals surface area contributed by atoms with Gasteiger partial charge in [0.05, 0.1) is 6.61 Å². The first-order valence-electron chi connectivity index (χ1n) is 5.31. The van der Waals surface area contributed by atoms with Gasteiger partial charge in [0, 0.05) is 12.6 Å². The van der Waals surface area contributed by atoms with Crippen LogP contribution in [0.3, 0.4) is 0 Å². The SMILES string of the molecule is OCCNC(c1ccccc1)C1CC1. The second-order valence-electron chi connectivity index (χ2n) is 3.90. The van der Waals surface area contributed by atoms with Gasteiger partial charge in [0.25, 0.3) is 0 Å². The van der Waals surface area contributed by atoms with Crippen LogP contribution in [0.4, 0.5) is 0 Å². The van der Waals surface area contributed by atoms with E-state index in [2.05, 4.69) is 29.6 Å². The van der Waals surface area contributed by atoms with Gasteiger partial charge < -0.3 is 10.4 Å². The van der Waals surface area contributed by atoms with E-state index in [1.807, 2.05) is 6.07 Å². The Balaban J connectivity index is 2.02. The van der Waals surface area contributed by atoms with Crippen LogP contribution < -0.4 is 5.32 Å². The standard InChI is InChI=1S/C12H17NO/c14-9-8-13-12(11-6-7-11)10-4-2-1-3-5-10/h1-5,11-14H,6-9H2. The van der Waals surface area contributed by atoms with Crippen molar-refractivity contribution < 1.29 is 5.11 Å². The normalized spacial score (nSPS) is 18.1. The van der Waals surface area contributed by atoms with Crippen molar-refractivity contribution in [1.82, 2.24) is 5.32 Å². The molecule has 0 saturated heterocycles. The van der Waals surface area contributed by atoms with E-state index in [0.717, 1.165) is 5.92 Å². The van der Waals surface area contributed by atoms with E-state index in [4.69, 9.17) is 5.11 Å². The zero-order valence-corrected chi connectivity index (χ0v) is 8.32. The molecule has 76 valence electrons. The highest BCUT2D eigenvalue weighted by Crippen LogP contribution is 2.40. The molecule has 1 aromatic carbocycles. The third kappa shape index (κ3) is 2.34. The highest BCUT2D eigenvalue weighted by Gasteiger charge is 2.31. The molecule has 0 aromatic heterocycles. The summed E-state index contributed by atoms with van der Waals surface area (Å²) in [5.41, 5.74) is 1.35. The summed E-state index contributed by atoms with van der Waals surface area (Å²) in [4.78, 5) is 0. The third-order valence-electron chi connectivity index (χ3n) is 2.73. The van der Waals surface area contributed by atoms with E-state index in [9.17, 15) is 0 Å². The minimum atomic E-state index is 0.218. The number of hydrogen-bond donors (Lipinski definition) is 2. The van der Waals surface area contributed by atoms with Crippen LogP contribution in [-0.2, 0) is 0 Å². The highest BCUT2D eigenvalue weighted by atomic mass is 16.3. The molecule has 1 saturated carbocycles. The van der Waals surface area contributed by atoms with E-state index in [0.29, 0.717) is 12.6 Å². The smallest absolute Gasteiger partial charge is 0.0556 e. The second kappa shape index (κ2) is 4.58. The van der Waals surface area contributed by atoms with Crippen LogP contribution >= 0.6 is 0 Å². The van der Waals surface area contributed by atoms with Crippen molar-refractivity contribution in [3.05, 3.63) is 35.9 Å². The molecule has 2 rings (SSSR count). The maximum absolute atomic E-state index is 8.80. The summed E-state index contributed by atoms with van der Waals surface area (Å²) >= 11 is 0. The third-order valence-corrected chi connectivity index (χ3v) is 2.73. The summed E-state index contributed by atoms with van der Waals surface area (Å²) in [6, 6.07) is 11.0. The molecule has 2 heteroatoms. The molecule has 0 amide bonds. The van der Waals surface area contributed by atoms with Crippen molar-refractivity contribution in [2.24, 2.45) is 5.92 Å². The topological polar surface area (TPSA) is 32.3 Å². The fourth-order valence-corrected chi connectivity index (χ4v) is 1.87. The minimum absolute atomic E-state index is 0.218. The van der Waals surface area contributed by atoms with Gasteiger partial charge in [0.15, 0.2) is 0 Å². The molecule has 1 fully saturated rings. The second-order valence-corrected chi connectivity index (χ2v) is 3.90. The number of hydrogen-bond acceptors (Lipinski definition) is 2. The molecule has 1 aliphatic carbocycles. The van der Waals surface area contributed by atoms with Gasteiger partial charge in [-0.25, -0.2) is 0 Å². The fraction of sp³-hybridized carbons (Fsp3) is 0.500. The quantitative estimate of drug-likeness (QED) is 0.742. The van der Waals surface area contributed by atoms with Crippen LogP contribution in [0.1, 0.15) is 24.4 Å². The van der Waals surface area contributed by atoms with Gasteiger partial charge in [-0.05, 0) is 24.3 Å². The van der Waals surface area contributed by atoms with Crippen LogP contribution in [0.5, 0.6) is 0 Å². The Morgan fingerprint density at radius 2 is 2.00 bits per heavy atom. The summed E-state index contributed by atoms with van der Waals surface area (Å²) in [6.45, 7) is 0.909. The molecule has 0 radical (unpaired) electrons. The van der Waals surface area contributed by atoms with Crippen LogP contribution in [0.2, 0.25) is 0 Å². The lowest BCUT2D eigenvalue weighted by molar-refractivity contribution is 0.280. The molecule has 1 aliphatic rings. The summed E-state index contributed by atoms with van der Waals surface area (Å²) in [7, 11) is 0. The van der Waals surface area contributed by atoms with Gasteiger partial charge >= 0.3 is 0 Å². The van der Waals surface area contributed by atoms with Gasteiger partial charge in [0.1, 0.15) is 0 Å².